The van der Waals surface area contributed by atoms with Gasteiger partial charge in [-0.3, -0.25) is 0 Å². The lowest BCUT2D eigenvalue weighted by atomic mass is 9.97. The van der Waals surface area contributed by atoms with Crippen molar-refractivity contribution in [3.05, 3.63) is 28.8 Å². The molecule has 0 aliphatic carbocycles. The fourth-order valence-corrected chi connectivity index (χ4v) is 1.99. The van der Waals surface area contributed by atoms with Crippen LogP contribution in [0.15, 0.2) is 18.2 Å². The maximum absolute atomic E-state index is 5.93. The van der Waals surface area contributed by atoms with Gasteiger partial charge in [0.2, 0.25) is 0 Å². The zero-order valence-electron chi connectivity index (χ0n) is 8.00. The fourth-order valence-electron chi connectivity index (χ4n) is 1.80. The molecule has 0 fully saturated rings. The molecule has 1 atom stereocenters. The van der Waals surface area contributed by atoms with Gasteiger partial charge in [-0.1, -0.05) is 11.6 Å². The molecule has 3 heteroatoms. The molecule has 0 aromatic heterocycles. The highest BCUT2D eigenvalue weighted by Gasteiger charge is 2.16. The summed E-state index contributed by atoms with van der Waals surface area (Å²) in [5.74, 6) is 1.49. The van der Waals surface area contributed by atoms with Gasteiger partial charge >= 0.3 is 0 Å². The van der Waals surface area contributed by atoms with Gasteiger partial charge in [-0.25, -0.2) is 0 Å². The molecule has 1 aliphatic heterocycles. The third kappa shape index (κ3) is 2.02. The second-order valence-corrected chi connectivity index (χ2v) is 4.13. The highest BCUT2D eigenvalue weighted by Crippen LogP contribution is 2.28. The quantitative estimate of drug-likeness (QED) is 0.774. The minimum atomic E-state index is 0.523. The molecule has 0 bridgehead atoms. The Balaban J connectivity index is 2.28. The first kappa shape index (κ1) is 9.81. The Morgan fingerprint density at radius 1 is 1.50 bits per heavy atom. The molecule has 2 N–H and O–H groups in total. The SMILES string of the molecule is NCC1CCOc2ccc(Cl)cc2C1. The molecule has 1 heterocycles. The van der Waals surface area contributed by atoms with Crippen molar-refractivity contribution >= 4 is 11.6 Å². The second-order valence-electron chi connectivity index (χ2n) is 3.70. The largest absolute Gasteiger partial charge is 0.493 e. The third-order valence-corrected chi connectivity index (χ3v) is 2.88. The van der Waals surface area contributed by atoms with Crippen LogP contribution in [0.4, 0.5) is 0 Å². The van der Waals surface area contributed by atoms with Crippen molar-refractivity contribution in [1.82, 2.24) is 0 Å². The van der Waals surface area contributed by atoms with Gasteiger partial charge < -0.3 is 10.5 Å². The van der Waals surface area contributed by atoms with Gasteiger partial charge in [-0.15, -0.1) is 0 Å². The summed E-state index contributed by atoms with van der Waals surface area (Å²) in [4.78, 5) is 0. The van der Waals surface area contributed by atoms with E-state index in [4.69, 9.17) is 22.1 Å². The predicted molar refractivity (Wildman–Crippen MR) is 57.8 cm³/mol. The Hall–Kier alpha value is -0.730. The summed E-state index contributed by atoms with van der Waals surface area (Å²) in [5.41, 5.74) is 6.86. The molecule has 0 saturated heterocycles. The van der Waals surface area contributed by atoms with Crippen molar-refractivity contribution in [1.29, 1.82) is 0 Å². The molecule has 0 amide bonds. The minimum Gasteiger partial charge on any atom is -0.493 e. The second kappa shape index (κ2) is 4.20. The molecular weight excluding hydrogens is 198 g/mol. The standard InChI is InChI=1S/C11H14ClNO/c12-10-1-2-11-9(6-10)5-8(7-13)3-4-14-11/h1-2,6,8H,3-5,7,13H2. The van der Waals surface area contributed by atoms with Crippen LogP contribution >= 0.6 is 11.6 Å². The van der Waals surface area contributed by atoms with E-state index in [0.29, 0.717) is 5.92 Å². The molecule has 2 nitrogen and oxygen atoms in total. The molecule has 76 valence electrons. The smallest absolute Gasteiger partial charge is 0.122 e. The Labute approximate surface area is 89.0 Å². The van der Waals surface area contributed by atoms with E-state index in [1.54, 1.807) is 0 Å². The number of ether oxygens (including phenoxy) is 1. The van der Waals surface area contributed by atoms with Crippen molar-refractivity contribution in [2.24, 2.45) is 11.7 Å². The number of hydrogen-bond donors (Lipinski definition) is 1. The maximum atomic E-state index is 5.93. The van der Waals surface area contributed by atoms with Crippen molar-refractivity contribution in [3.8, 4) is 5.75 Å². The van der Waals surface area contributed by atoms with Crippen molar-refractivity contribution in [2.75, 3.05) is 13.2 Å². The number of rotatable bonds is 1. The van der Waals surface area contributed by atoms with E-state index in [9.17, 15) is 0 Å². The summed E-state index contributed by atoms with van der Waals surface area (Å²) in [5, 5.41) is 0.769. The molecule has 1 aromatic rings. The summed E-state index contributed by atoms with van der Waals surface area (Å²) in [6, 6.07) is 5.78. The maximum Gasteiger partial charge on any atom is 0.122 e. The average Bonchev–Trinajstić information content (AvgIpc) is 2.38. The van der Waals surface area contributed by atoms with Crippen LogP contribution in [0.1, 0.15) is 12.0 Å². The molecule has 1 unspecified atom stereocenters. The molecule has 2 rings (SSSR count). The lowest BCUT2D eigenvalue weighted by molar-refractivity contribution is 0.296. The van der Waals surface area contributed by atoms with Crippen LogP contribution in [0.3, 0.4) is 0 Å². The zero-order chi connectivity index (χ0) is 9.97. The van der Waals surface area contributed by atoms with Crippen LogP contribution in [0.25, 0.3) is 0 Å². The first-order valence-electron chi connectivity index (χ1n) is 4.91. The van der Waals surface area contributed by atoms with Crippen LogP contribution in [0, 0.1) is 5.92 Å². The number of halogens is 1. The van der Waals surface area contributed by atoms with E-state index >= 15 is 0 Å². The molecule has 0 spiro atoms. The van der Waals surface area contributed by atoms with Gasteiger partial charge in [0.15, 0.2) is 0 Å². The molecule has 14 heavy (non-hydrogen) atoms. The monoisotopic (exact) mass is 211 g/mol. The van der Waals surface area contributed by atoms with Gasteiger partial charge in [0.1, 0.15) is 5.75 Å². The summed E-state index contributed by atoms with van der Waals surface area (Å²) in [7, 11) is 0. The lowest BCUT2D eigenvalue weighted by Crippen LogP contribution is -2.17. The van der Waals surface area contributed by atoms with Crippen LogP contribution in [-0.4, -0.2) is 13.2 Å². The van der Waals surface area contributed by atoms with E-state index in [1.165, 1.54) is 5.56 Å². The number of hydrogen-bond acceptors (Lipinski definition) is 2. The van der Waals surface area contributed by atoms with Crippen molar-refractivity contribution in [3.63, 3.8) is 0 Å². The molecule has 1 aliphatic rings. The summed E-state index contributed by atoms with van der Waals surface area (Å²) in [6.45, 7) is 1.48. The van der Waals surface area contributed by atoms with Gasteiger partial charge in [0.25, 0.3) is 0 Å². The van der Waals surface area contributed by atoms with Crippen molar-refractivity contribution in [2.45, 2.75) is 12.8 Å². The molecular formula is C11H14ClNO. The minimum absolute atomic E-state index is 0.523. The Bertz CT molecular complexity index is 327. The zero-order valence-corrected chi connectivity index (χ0v) is 8.76. The highest BCUT2D eigenvalue weighted by molar-refractivity contribution is 6.30. The van der Waals surface area contributed by atoms with Gasteiger partial charge in [-0.05, 0) is 49.1 Å². The number of nitrogens with two attached hydrogens (primary N) is 1. The summed E-state index contributed by atoms with van der Waals surface area (Å²) in [6.07, 6.45) is 2.01. The van der Waals surface area contributed by atoms with Crippen LogP contribution in [0.5, 0.6) is 5.75 Å². The first-order valence-corrected chi connectivity index (χ1v) is 5.28. The molecule has 1 aromatic carbocycles. The van der Waals surface area contributed by atoms with Crippen LogP contribution in [0.2, 0.25) is 5.02 Å². The van der Waals surface area contributed by atoms with Crippen LogP contribution < -0.4 is 10.5 Å². The normalized spacial score (nSPS) is 20.9. The van der Waals surface area contributed by atoms with Gasteiger partial charge in [-0.2, -0.15) is 0 Å². The third-order valence-electron chi connectivity index (χ3n) is 2.65. The summed E-state index contributed by atoms with van der Waals surface area (Å²) >= 11 is 5.93. The van der Waals surface area contributed by atoms with E-state index in [1.807, 2.05) is 18.2 Å². The van der Waals surface area contributed by atoms with Crippen molar-refractivity contribution < 1.29 is 4.74 Å². The average molecular weight is 212 g/mol. The Kier molecular flexibility index (Phi) is 2.94. The predicted octanol–water partition coefficient (Wildman–Crippen LogP) is 2.24. The van der Waals surface area contributed by atoms with E-state index in [2.05, 4.69) is 0 Å². The first-order chi connectivity index (χ1) is 6.79. The van der Waals surface area contributed by atoms with E-state index in [-0.39, 0.29) is 0 Å². The topological polar surface area (TPSA) is 35.2 Å². The fraction of sp³-hybridized carbons (Fsp3) is 0.455. The Morgan fingerprint density at radius 2 is 2.36 bits per heavy atom. The molecule has 0 saturated carbocycles. The highest BCUT2D eigenvalue weighted by atomic mass is 35.5. The van der Waals surface area contributed by atoms with Gasteiger partial charge in [0, 0.05) is 5.02 Å². The van der Waals surface area contributed by atoms with Crippen LogP contribution in [-0.2, 0) is 6.42 Å². The number of benzene rings is 1. The molecule has 0 radical (unpaired) electrons. The summed E-state index contributed by atoms with van der Waals surface area (Å²) < 4.78 is 5.62. The lowest BCUT2D eigenvalue weighted by Gasteiger charge is -2.09. The van der Waals surface area contributed by atoms with E-state index < -0.39 is 0 Å². The van der Waals surface area contributed by atoms with Gasteiger partial charge in [0.05, 0.1) is 6.61 Å². The number of fused-ring (bicyclic) bond motifs is 1. The Morgan fingerprint density at radius 3 is 3.14 bits per heavy atom. The van der Waals surface area contributed by atoms with E-state index in [0.717, 1.165) is 36.8 Å².